The van der Waals surface area contributed by atoms with E-state index in [0.29, 0.717) is 23.0 Å². The van der Waals surface area contributed by atoms with Crippen molar-refractivity contribution in [2.75, 3.05) is 4.90 Å². The average Bonchev–Trinajstić information content (AvgIpc) is 4.05. The van der Waals surface area contributed by atoms with E-state index in [1.165, 1.54) is 38.9 Å². The lowest BCUT2D eigenvalue weighted by Crippen LogP contribution is -2.25. The number of anilines is 2. The molecule has 308 valence electrons. The lowest BCUT2D eigenvalue weighted by atomic mass is 9.70. The minimum atomic E-state index is -0.474. The van der Waals surface area contributed by atoms with Crippen molar-refractivity contribution in [1.82, 2.24) is 0 Å². The van der Waals surface area contributed by atoms with Crippen molar-refractivity contribution in [2.45, 2.75) is 18.3 Å². The summed E-state index contributed by atoms with van der Waals surface area (Å²) in [4.78, 5) is 2.27. The number of rotatable bonds is 5. The predicted molar refractivity (Wildman–Crippen MR) is 260 cm³/mol. The Labute approximate surface area is 375 Å². The van der Waals surface area contributed by atoms with Crippen molar-refractivity contribution in [2.24, 2.45) is 5.92 Å². The third-order valence-electron chi connectivity index (χ3n) is 14.1. The standard InChI is InChI=1S/C60H39NO4/c1-36(47-35-62-53-24-4-2-3-17-44(47)53)37-26-28-38(29-27-37)61(52-23-13-19-45-43-18-8-12-25-54(43)65-59(45)52)39-30-31-55-56(32-39)64-57-33-46-42-16-7-11-22-50(42)60(51(46)34-58(57)63-55)48-20-9-5-14-40(48)41-15-6-10-21-49(41)60/h2,4-26,28-35,37H,1,3,27H2. The van der Waals surface area contributed by atoms with Crippen LogP contribution in [0, 0.1) is 5.92 Å². The van der Waals surface area contributed by atoms with E-state index < -0.39 is 5.41 Å². The normalized spacial score (nSPS) is 16.4. The van der Waals surface area contributed by atoms with E-state index >= 15 is 0 Å². The van der Waals surface area contributed by atoms with Gasteiger partial charge in [0.15, 0.2) is 28.6 Å². The molecule has 2 aromatic heterocycles. The third-order valence-corrected chi connectivity index (χ3v) is 14.1. The second-order valence-corrected chi connectivity index (χ2v) is 17.5. The Morgan fingerprint density at radius 2 is 1.32 bits per heavy atom. The maximum atomic E-state index is 6.96. The first-order valence-corrected chi connectivity index (χ1v) is 22.3. The third kappa shape index (κ3) is 5.09. The fraction of sp³-hybridized carbons (Fsp3) is 0.0667. The summed E-state index contributed by atoms with van der Waals surface area (Å²) in [5, 5.41) is 3.25. The number of furan rings is 2. The van der Waals surface area contributed by atoms with Crippen LogP contribution in [0.2, 0.25) is 0 Å². The Morgan fingerprint density at radius 3 is 2.11 bits per heavy atom. The molecule has 9 aromatic rings. The molecule has 14 rings (SSSR count). The number of nitrogens with zero attached hydrogens (tertiary/aromatic N) is 1. The molecule has 0 bridgehead atoms. The highest BCUT2D eigenvalue weighted by Gasteiger charge is 2.52. The number of hydrogen-bond acceptors (Lipinski definition) is 5. The molecule has 5 nitrogen and oxygen atoms in total. The first-order valence-electron chi connectivity index (χ1n) is 22.3. The Morgan fingerprint density at radius 1 is 0.631 bits per heavy atom. The molecule has 65 heavy (non-hydrogen) atoms. The average molecular weight is 838 g/mol. The molecule has 4 aliphatic carbocycles. The van der Waals surface area contributed by atoms with E-state index in [2.05, 4.69) is 175 Å². The van der Waals surface area contributed by atoms with Gasteiger partial charge < -0.3 is 23.2 Å². The Bertz CT molecular complexity index is 3730. The van der Waals surface area contributed by atoms with Crippen LogP contribution in [-0.4, -0.2) is 0 Å². The van der Waals surface area contributed by atoms with Gasteiger partial charge in [0.25, 0.3) is 0 Å². The maximum absolute atomic E-state index is 6.96. The zero-order valence-electron chi connectivity index (χ0n) is 35.3. The van der Waals surface area contributed by atoms with Crippen molar-refractivity contribution in [1.29, 1.82) is 0 Å². The number of ether oxygens (including phenoxy) is 2. The van der Waals surface area contributed by atoms with Crippen molar-refractivity contribution in [3.05, 3.63) is 233 Å². The second-order valence-electron chi connectivity index (χ2n) is 17.5. The maximum Gasteiger partial charge on any atom is 0.172 e. The Kier molecular flexibility index (Phi) is 7.59. The van der Waals surface area contributed by atoms with Crippen LogP contribution >= 0.6 is 0 Å². The van der Waals surface area contributed by atoms with Crippen LogP contribution in [0.15, 0.2) is 203 Å². The number of allylic oxidation sites excluding steroid dienone is 6. The summed E-state index contributed by atoms with van der Waals surface area (Å²) in [5.41, 5.74) is 17.0. The first kappa shape index (κ1) is 36.2. The van der Waals surface area contributed by atoms with Gasteiger partial charge in [-0.2, -0.15) is 0 Å². The highest BCUT2D eigenvalue weighted by atomic mass is 16.6. The fourth-order valence-corrected chi connectivity index (χ4v) is 11.3. The monoisotopic (exact) mass is 837 g/mol. The largest absolute Gasteiger partial charge is 0.464 e. The van der Waals surface area contributed by atoms with Gasteiger partial charge in [-0.15, -0.1) is 0 Å². The number of benzene rings is 7. The fourth-order valence-electron chi connectivity index (χ4n) is 11.3. The molecule has 0 fully saturated rings. The second kappa shape index (κ2) is 13.6. The van der Waals surface area contributed by atoms with Gasteiger partial charge in [-0.25, -0.2) is 0 Å². The minimum absolute atomic E-state index is 0.0999. The molecule has 0 amide bonds. The molecule has 0 saturated carbocycles. The van der Waals surface area contributed by atoms with Crippen LogP contribution in [0.4, 0.5) is 11.4 Å². The van der Waals surface area contributed by atoms with Gasteiger partial charge in [0, 0.05) is 39.2 Å². The van der Waals surface area contributed by atoms with E-state index in [1.807, 2.05) is 30.5 Å². The first-order chi connectivity index (χ1) is 32.1. The molecular formula is C60H39NO4. The van der Waals surface area contributed by atoms with Crippen LogP contribution in [0.1, 0.15) is 40.7 Å². The van der Waals surface area contributed by atoms with Gasteiger partial charge in [0.05, 0.1) is 23.1 Å². The molecule has 5 aliphatic rings. The highest BCUT2D eigenvalue weighted by molar-refractivity contribution is 6.10. The van der Waals surface area contributed by atoms with Crippen molar-refractivity contribution < 1.29 is 18.3 Å². The van der Waals surface area contributed by atoms with Crippen LogP contribution in [0.3, 0.4) is 0 Å². The number of para-hydroxylation sites is 2. The summed E-state index contributed by atoms with van der Waals surface area (Å²) < 4.78 is 26.5. The Balaban J connectivity index is 0.872. The molecule has 0 N–H and O–H groups in total. The minimum Gasteiger partial charge on any atom is -0.464 e. The molecule has 1 atom stereocenters. The summed E-state index contributed by atoms with van der Waals surface area (Å²) in [6.45, 7) is 4.60. The van der Waals surface area contributed by atoms with Crippen LogP contribution in [0.25, 0.3) is 61.9 Å². The van der Waals surface area contributed by atoms with Crippen LogP contribution in [0.5, 0.6) is 23.0 Å². The smallest absolute Gasteiger partial charge is 0.172 e. The molecule has 3 heterocycles. The summed E-state index contributed by atoms with van der Waals surface area (Å²) in [5.74, 6) is 2.79. The van der Waals surface area contributed by atoms with Gasteiger partial charge in [0.2, 0.25) is 0 Å². The van der Waals surface area contributed by atoms with Gasteiger partial charge in [-0.1, -0.05) is 140 Å². The molecule has 0 saturated heterocycles. The number of fused-ring (bicyclic) bond motifs is 16. The SMILES string of the molecule is C=C(c1coc2c1=CCC=CC=2)C1C=CC(N(c2ccc3c(c2)Oc2cc4c(cc2O3)C2(c3ccccc3-c3ccccc32)c2ccccc2-4)c2cccc3c2oc2ccccc23)=CC1. The van der Waals surface area contributed by atoms with Crippen LogP contribution < -0.4 is 25.0 Å². The molecule has 1 spiro atoms. The number of hydrogen-bond donors (Lipinski definition) is 0. The predicted octanol–water partition coefficient (Wildman–Crippen LogP) is 14.3. The van der Waals surface area contributed by atoms with Crippen molar-refractivity contribution in [3.63, 3.8) is 0 Å². The van der Waals surface area contributed by atoms with E-state index in [4.69, 9.17) is 18.3 Å². The van der Waals surface area contributed by atoms with Gasteiger partial charge in [0.1, 0.15) is 11.0 Å². The zero-order chi connectivity index (χ0) is 42.8. The molecule has 0 radical (unpaired) electrons. The molecule has 1 aliphatic heterocycles. The van der Waals surface area contributed by atoms with E-state index in [9.17, 15) is 0 Å². The summed E-state index contributed by atoms with van der Waals surface area (Å²) in [6.07, 6.45) is 18.7. The van der Waals surface area contributed by atoms with Crippen LogP contribution in [-0.2, 0) is 5.41 Å². The van der Waals surface area contributed by atoms with Crippen molar-refractivity contribution in [3.8, 4) is 45.3 Å². The van der Waals surface area contributed by atoms with E-state index in [0.717, 1.165) is 79.2 Å². The molecule has 5 heteroatoms. The topological polar surface area (TPSA) is 48.0 Å². The van der Waals surface area contributed by atoms with Crippen molar-refractivity contribution >= 4 is 51.0 Å². The Hall–Kier alpha value is -8.28. The van der Waals surface area contributed by atoms with E-state index in [-0.39, 0.29) is 5.92 Å². The highest BCUT2D eigenvalue weighted by Crippen LogP contribution is 2.64. The zero-order valence-corrected chi connectivity index (χ0v) is 35.3. The van der Waals surface area contributed by atoms with Gasteiger partial charge in [-0.05, 0) is 111 Å². The summed E-state index contributed by atoms with van der Waals surface area (Å²) in [6, 6.07) is 51.8. The summed E-state index contributed by atoms with van der Waals surface area (Å²) in [7, 11) is 0. The van der Waals surface area contributed by atoms with E-state index in [1.54, 1.807) is 0 Å². The molecular weight excluding hydrogens is 799 g/mol. The van der Waals surface area contributed by atoms with Gasteiger partial charge in [-0.3, -0.25) is 0 Å². The quantitative estimate of drug-likeness (QED) is 0.173. The molecule has 7 aromatic carbocycles. The summed E-state index contributed by atoms with van der Waals surface area (Å²) >= 11 is 0. The lowest BCUT2D eigenvalue weighted by molar-refractivity contribution is 0.359. The molecule has 1 unspecified atom stereocenters. The lowest BCUT2D eigenvalue weighted by Gasteiger charge is -2.32. The van der Waals surface area contributed by atoms with Gasteiger partial charge >= 0.3 is 0 Å².